The number of rotatable bonds is 2. The molecule has 3 heteroatoms. The molecule has 2 heterocycles. The van der Waals surface area contributed by atoms with Crippen LogP contribution in [0.15, 0.2) is 30.3 Å². The minimum Gasteiger partial charge on any atom is -0.341 e. The second-order valence-electron chi connectivity index (χ2n) is 8.84. The molecule has 1 saturated carbocycles. The molecule has 3 nitrogen and oxygen atoms in total. The Labute approximate surface area is 150 Å². The standard InChI is InChI=1S/C22H27N3/c1-21(2)16-11-12-22(21,3)19-17(16)18(15-9-5-4-6-10-15)23-20(24-19)25-13-7-8-14-25/h4-6,9-10,16H,7-8,11-14H2,1-3H3. The van der Waals surface area contributed by atoms with Gasteiger partial charge >= 0.3 is 0 Å². The van der Waals surface area contributed by atoms with Crippen molar-refractivity contribution in [1.29, 1.82) is 0 Å². The summed E-state index contributed by atoms with van der Waals surface area (Å²) < 4.78 is 0. The summed E-state index contributed by atoms with van der Waals surface area (Å²) in [5.41, 5.74) is 5.64. The Morgan fingerprint density at radius 2 is 1.72 bits per heavy atom. The van der Waals surface area contributed by atoms with Gasteiger partial charge < -0.3 is 4.90 Å². The third-order valence-corrected chi connectivity index (χ3v) is 7.47. The molecule has 3 aliphatic rings. The van der Waals surface area contributed by atoms with Crippen LogP contribution < -0.4 is 4.90 Å². The molecule has 5 rings (SSSR count). The van der Waals surface area contributed by atoms with Crippen LogP contribution >= 0.6 is 0 Å². The second kappa shape index (κ2) is 5.06. The van der Waals surface area contributed by atoms with Crippen LogP contribution in [0.3, 0.4) is 0 Å². The zero-order valence-corrected chi connectivity index (χ0v) is 15.5. The zero-order chi connectivity index (χ0) is 17.2. The van der Waals surface area contributed by atoms with Gasteiger partial charge in [-0.15, -0.1) is 0 Å². The summed E-state index contributed by atoms with van der Waals surface area (Å²) in [5.74, 6) is 1.54. The van der Waals surface area contributed by atoms with Crippen molar-refractivity contribution in [3.05, 3.63) is 41.6 Å². The molecule has 2 bridgehead atoms. The highest BCUT2D eigenvalue weighted by Gasteiger charge is 2.61. The highest BCUT2D eigenvalue weighted by molar-refractivity contribution is 5.70. The van der Waals surface area contributed by atoms with E-state index in [0.29, 0.717) is 5.92 Å². The van der Waals surface area contributed by atoms with Crippen LogP contribution in [0, 0.1) is 5.41 Å². The van der Waals surface area contributed by atoms with E-state index in [4.69, 9.17) is 9.97 Å². The van der Waals surface area contributed by atoms with Gasteiger partial charge in [-0.25, -0.2) is 9.97 Å². The average Bonchev–Trinajstić information content (AvgIpc) is 3.27. The topological polar surface area (TPSA) is 29.0 Å². The smallest absolute Gasteiger partial charge is 0.226 e. The quantitative estimate of drug-likeness (QED) is 0.781. The first kappa shape index (κ1) is 15.4. The molecule has 130 valence electrons. The SMILES string of the molecule is CC12CCC(c3c(-c4ccccc4)nc(N4CCCC4)nc31)C2(C)C. The van der Waals surface area contributed by atoms with Crippen molar-refractivity contribution >= 4 is 5.95 Å². The predicted molar refractivity (Wildman–Crippen MR) is 102 cm³/mol. The zero-order valence-electron chi connectivity index (χ0n) is 15.5. The van der Waals surface area contributed by atoms with Gasteiger partial charge in [-0.2, -0.15) is 0 Å². The number of anilines is 1. The Hall–Kier alpha value is -1.90. The molecule has 2 unspecified atom stereocenters. The van der Waals surface area contributed by atoms with Gasteiger partial charge in [-0.3, -0.25) is 0 Å². The van der Waals surface area contributed by atoms with Crippen molar-refractivity contribution in [2.24, 2.45) is 5.41 Å². The van der Waals surface area contributed by atoms with Crippen molar-refractivity contribution in [1.82, 2.24) is 9.97 Å². The monoisotopic (exact) mass is 333 g/mol. The molecule has 0 amide bonds. The molecule has 2 aromatic rings. The van der Waals surface area contributed by atoms with E-state index < -0.39 is 0 Å². The van der Waals surface area contributed by atoms with Crippen molar-refractivity contribution in [2.45, 2.75) is 57.8 Å². The minimum absolute atomic E-state index is 0.175. The van der Waals surface area contributed by atoms with Crippen LogP contribution in [-0.4, -0.2) is 23.1 Å². The molecule has 2 aliphatic carbocycles. The van der Waals surface area contributed by atoms with Crippen molar-refractivity contribution in [3.8, 4) is 11.3 Å². The van der Waals surface area contributed by atoms with E-state index >= 15 is 0 Å². The normalized spacial score (nSPS) is 29.2. The van der Waals surface area contributed by atoms with Crippen LogP contribution in [0.1, 0.15) is 63.6 Å². The maximum Gasteiger partial charge on any atom is 0.226 e. The van der Waals surface area contributed by atoms with Gasteiger partial charge in [0.25, 0.3) is 0 Å². The molecule has 0 N–H and O–H groups in total. The van der Waals surface area contributed by atoms with E-state index in [9.17, 15) is 0 Å². The van der Waals surface area contributed by atoms with E-state index in [1.807, 2.05) is 0 Å². The Bertz CT molecular complexity index is 821. The maximum atomic E-state index is 5.19. The lowest BCUT2D eigenvalue weighted by molar-refractivity contribution is 0.227. The van der Waals surface area contributed by atoms with Crippen molar-refractivity contribution < 1.29 is 0 Å². The summed E-state index contributed by atoms with van der Waals surface area (Å²) in [6.07, 6.45) is 5.03. The van der Waals surface area contributed by atoms with Crippen LogP contribution in [0.2, 0.25) is 0 Å². The first-order valence-electron chi connectivity index (χ1n) is 9.75. The molecule has 0 radical (unpaired) electrons. The van der Waals surface area contributed by atoms with E-state index in [1.165, 1.54) is 48.2 Å². The van der Waals surface area contributed by atoms with E-state index in [1.54, 1.807) is 0 Å². The predicted octanol–water partition coefficient (Wildman–Crippen LogP) is 4.92. The van der Waals surface area contributed by atoms with Gasteiger partial charge in [-0.05, 0) is 37.0 Å². The van der Waals surface area contributed by atoms with Gasteiger partial charge in [0.15, 0.2) is 0 Å². The summed E-state index contributed by atoms with van der Waals surface area (Å²) in [6.45, 7) is 9.51. The summed E-state index contributed by atoms with van der Waals surface area (Å²) >= 11 is 0. The van der Waals surface area contributed by atoms with Crippen LogP contribution in [0.4, 0.5) is 5.95 Å². The highest BCUT2D eigenvalue weighted by Crippen LogP contribution is 2.68. The second-order valence-corrected chi connectivity index (χ2v) is 8.84. The largest absolute Gasteiger partial charge is 0.341 e. The van der Waals surface area contributed by atoms with Gasteiger partial charge in [-0.1, -0.05) is 51.1 Å². The number of nitrogens with zero attached hydrogens (tertiary/aromatic N) is 3. The molecular formula is C22H27N3. The fourth-order valence-corrected chi connectivity index (χ4v) is 5.51. The molecule has 25 heavy (non-hydrogen) atoms. The number of hydrogen-bond donors (Lipinski definition) is 0. The van der Waals surface area contributed by atoms with E-state index in [2.05, 4.69) is 56.0 Å². The third-order valence-electron chi connectivity index (χ3n) is 7.47. The summed E-state index contributed by atoms with van der Waals surface area (Å²) in [4.78, 5) is 12.7. The first-order valence-corrected chi connectivity index (χ1v) is 9.75. The Balaban J connectivity index is 1.77. The summed E-state index contributed by atoms with van der Waals surface area (Å²) in [5, 5.41) is 0. The fourth-order valence-electron chi connectivity index (χ4n) is 5.51. The summed E-state index contributed by atoms with van der Waals surface area (Å²) in [7, 11) is 0. The molecule has 1 aliphatic heterocycles. The minimum atomic E-state index is 0.175. The van der Waals surface area contributed by atoms with Gasteiger partial charge in [0, 0.05) is 29.6 Å². The van der Waals surface area contributed by atoms with Crippen molar-refractivity contribution in [3.63, 3.8) is 0 Å². The van der Waals surface area contributed by atoms with E-state index in [0.717, 1.165) is 19.0 Å². The van der Waals surface area contributed by atoms with E-state index in [-0.39, 0.29) is 10.8 Å². The molecule has 1 aromatic heterocycles. The number of aromatic nitrogens is 2. The van der Waals surface area contributed by atoms with Crippen LogP contribution in [-0.2, 0) is 5.41 Å². The Morgan fingerprint density at radius 1 is 1.00 bits per heavy atom. The number of fused-ring (bicyclic) bond motifs is 5. The molecule has 1 saturated heterocycles. The molecule has 0 spiro atoms. The molecule has 2 fully saturated rings. The lowest BCUT2D eigenvalue weighted by Gasteiger charge is -2.34. The van der Waals surface area contributed by atoms with Gasteiger partial charge in [0.2, 0.25) is 5.95 Å². The average molecular weight is 333 g/mol. The molecule has 2 atom stereocenters. The first-order chi connectivity index (χ1) is 12.0. The van der Waals surface area contributed by atoms with Gasteiger partial charge in [0.05, 0.1) is 11.4 Å². The fraction of sp³-hybridized carbons (Fsp3) is 0.545. The Kier molecular flexibility index (Phi) is 3.11. The summed E-state index contributed by atoms with van der Waals surface area (Å²) in [6, 6.07) is 10.7. The number of benzene rings is 1. The van der Waals surface area contributed by atoms with Crippen LogP contribution in [0.25, 0.3) is 11.3 Å². The Morgan fingerprint density at radius 3 is 2.44 bits per heavy atom. The lowest BCUT2D eigenvalue weighted by atomic mass is 9.70. The number of hydrogen-bond acceptors (Lipinski definition) is 3. The molecular weight excluding hydrogens is 306 g/mol. The maximum absolute atomic E-state index is 5.19. The lowest BCUT2D eigenvalue weighted by Crippen LogP contribution is -2.32. The highest BCUT2D eigenvalue weighted by atomic mass is 15.3. The van der Waals surface area contributed by atoms with Gasteiger partial charge in [0.1, 0.15) is 0 Å². The molecule has 1 aromatic carbocycles. The third kappa shape index (κ3) is 1.93. The van der Waals surface area contributed by atoms with Crippen LogP contribution in [0.5, 0.6) is 0 Å². The van der Waals surface area contributed by atoms with Crippen molar-refractivity contribution in [2.75, 3.05) is 18.0 Å².